The number of halogens is 5. The van der Waals surface area contributed by atoms with Gasteiger partial charge in [0.15, 0.2) is 0 Å². The predicted octanol–water partition coefficient (Wildman–Crippen LogP) is 3.14. The molecule has 4 fully saturated rings. The van der Waals surface area contributed by atoms with Gasteiger partial charge in [0.2, 0.25) is 29.5 Å². The number of piperidine rings is 1. The zero-order chi connectivity index (χ0) is 45.0. The number of cyclic esters (lactones) is 1. The molecule has 0 aliphatic carbocycles. The van der Waals surface area contributed by atoms with Crippen LogP contribution in [0.25, 0.3) is 0 Å². The molecule has 2 aromatic carbocycles. The van der Waals surface area contributed by atoms with Gasteiger partial charge in [0.05, 0.1) is 0 Å². The lowest BCUT2D eigenvalue weighted by Gasteiger charge is -2.39. The Morgan fingerprint density at radius 3 is 2.16 bits per heavy atom. The van der Waals surface area contributed by atoms with Gasteiger partial charge < -0.3 is 45.4 Å². The van der Waals surface area contributed by atoms with Crippen LogP contribution in [-0.2, 0) is 39.9 Å². The molecule has 0 spiro atoms. The van der Waals surface area contributed by atoms with E-state index in [1.165, 1.54) is 28.5 Å². The van der Waals surface area contributed by atoms with E-state index in [1.54, 1.807) is 0 Å². The Hall–Kier alpha value is -6.02. The monoisotopic (exact) mass is 877 g/mol. The van der Waals surface area contributed by atoms with Crippen LogP contribution in [0, 0.1) is 17.6 Å². The van der Waals surface area contributed by atoms with Crippen LogP contribution < -0.4 is 26.0 Å². The molecule has 21 heteroatoms. The van der Waals surface area contributed by atoms with Crippen molar-refractivity contribution in [3.8, 4) is 5.75 Å². The first kappa shape index (κ1) is 45.5. The van der Waals surface area contributed by atoms with Crippen LogP contribution >= 0.6 is 0 Å². The fourth-order valence-corrected chi connectivity index (χ4v) is 8.46. The van der Waals surface area contributed by atoms with Gasteiger partial charge >= 0.3 is 18.4 Å². The first-order valence-electron chi connectivity index (χ1n) is 20.4. The number of alkyl halides is 3. The standard InChI is InChI=1S/C41H48F5N7O9/c1-21-15-32-39(59)61-23(3)33(38(58)52-14-6-8-31(52)37(57)51-13-5-4-7-30(51)35(55)47-22(2)36(56)53(32)20-21)50-34(54)29(18-24-16-25(42)19-26(43)17-24)49-40(60)48-27-9-11-28(12-10-27)62-41(44,45)46/h9-12,16-17,19,21-23,29-33H,4-8,13-15,18,20H2,1-3H3,(H,47,55)(H,50,54)(H2,48,49,60)/t21-,22+,23+,29+,30?,31?,32?,33+/m1/s1. The van der Waals surface area contributed by atoms with Crippen molar-refractivity contribution in [3.63, 3.8) is 0 Å². The van der Waals surface area contributed by atoms with E-state index in [0.717, 1.165) is 36.4 Å². The molecule has 62 heavy (non-hydrogen) atoms. The highest BCUT2D eigenvalue weighted by molar-refractivity contribution is 5.99. The van der Waals surface area contributed by atoms with Crippen molar-refractivity contribution in [2.45, 2.75) is 114 Å². The smallest absolute Gasteiger partial charge is 0.458 e. The Balaban J connectivity index is 1.32. The van der Waals surface area contributed by atoms with Crippen LogP contribution in [0.2, 0.25) is 0 Å². The zero-order valence-corrected chi connectivity index (χ0v) is 34.1. The highest BCUT2D eigenvalue weighted by Gasteiger charge is 2.47. The SMILES string of the molecule is C[C@@H]1CC2C(=O)O[C@@H](C)[C@H](NC(=O)[C@H](Cc3cc(F)cc(F)c3)NC(=O)Nc3ccc(OC(F)(F)F)cc3)C(=O)N3CCCC3C(=O)N3CCCCC3C(=O)N[C@@H](C)C(=O)N2C1. The summed E-state index contributed by atoms with van der Waals surface area (Å²) in [5.74, 6) is -7.23. The van der Waals surface area contributed by atoms with Crippen molar-refractivity contribution in [2.75, 3.05) is 25.0 Å². The molecule has 2 aromatic rings. The molecule has 4 aliphatic rings. The third-order valence-electron chi connectivity index (χ3n) is 11.4. The van der Waals surface area contributed by atoms with Crippen molar-refractivity contribution in [3.05, 3.63) is 59.7 Å². The predicted molar refractivity (Wildman–Crippen MR) is 208 cm³/mol. The van der Waals surface area contributed by atoms with Crippen LogP contribution in [0.4, 0.5) is 32.4 Å². The van der Waals surface area contributed by atoms with E-state index in [2.05, 4.69) is 26.0 Å². The largest absolute Gasteiger partial charge is 0.573 e. The number of carbonyl (C=O) groups is 7. The molecule has 4 N–H and O–H groups in total. The second-order valence-corrected chi connectivity index (χ2v) is 16.1. The number of hydrogen-bond acceptors (Lipinski definition) is 9. The Labute approximate surface area is 353 Å². The summed E-state index contributed by atoms with van der Waals surface area (Å²) in [7, 11) is 0. The van der Waals surface area contributed by atoms with Crippen molar-refractivity contribution < 1.29 is 65.0 Å². The van der Waals surface area contributed by atoms with E-state index >= 15 is 0 Å². The third-order valence-corrected chi connectivity index (χ3v) is 11.4. The van der Waals surface area contributed by atoms with E-state index in [1.807, 2.05) is 6.92 Å². The average molecular weight is 878 g/mol. The lowest BCUT2D eigenvalue weighted by Crippen LogP contribution is -2.63. The van der Waals surface area contributed by atoms with Crippen LogP contribution in [0.1, 0.15) is 64.9 Å². The maximum Gasteiger partial charge on any atom is 0.573 e. The van der Waals surface area contributed by atoms with Gasteiger partial charge in [0, 0.05) is 37.8 Å². The number of anilines is 1. The van der Waals surface area contributed by atoms with Gasteiger partial charge in [0.25, 0.3) is 0 Å². The number of amides is 7. The summed E-state index contributed by atoms with van der Waals surface area (Å²) in [6.07, 6.45) is -4.73. The molecule has 4 saturated heterocycles. The van der Waals surface area contributed by atoms with Crippen LogP contribution in [-0.4, -0.2) is 125 Å². The number of nitrogens with one attached hydrogen (secondary N) is 4. The minimum Gasteiger partial charge on any atom is -0.458 e. The summed E-state index contributed by atoms with van der Waals surface area (Å²) < 4.78 is 76.4. The lowest BCUT2D eigenvalue weighted by molar-refractivity contribution is -0.274. The second-order valence-electron chi connectivity index (χ2n) is 16.1. The molecule has 16 nitrogen and oxygen atoms in total. The number of carbonyl (C=O) groups excluding carboxylic acids is 7. The number of rotatable bonds is 7. The minimum atomic E-state index is -4.97. The summed E-state index contributed by atoms with van der Waals surface area (Å²) in [5, 5.41) is 9.98. The highest BCUT2D eigenvalue weighted by Crippen LogP contribution is 2.29. The lowest BCUT2D eigenvalue weighted by atomic mass is 9.99. The molecule has 0 bridgehead atoms. The van der Waals surface area contributed by atoms with Gasteiger partial charge in [-0.05, 0) is 100 Å². The van der Waals surface area contributed by atoms with E-state index in [-0.39, 0.29) is 49.6 Å². The average Bonchev–Trinajstić information content (AvgIpc) is 3.85. The summed E-state index contributed by atoms with van der Waals surface area (Å²) >= 11 is 0. The van der Waals surface area contributed by atoms with Crippen LogP contribution in [0.3, 0.4) is 0 Å². The van der Waals surface area contributed by atoms with Gasteiger partial charge in [-0.25, -0.2) is 18.4 Å². The minimum absolute atomic E-state index is 0.0393. The van der Waals surface area contributed by atoms with Gasteiger partial charge in [-0.1, -0.05) is 6.92 Å². The number of hydrogen-bond donors (Lipinski definition) is 4. The number of urea groups is 1. The number of fused-ring (bicyclic) bond motifs is 3. The first-order chi connectivity index (χ1) is 29.3. The molecule has 0 saturated carbocycles. The molecule has 4 aliphatic heterocycles. The molecule has 7 amide bonds. The quantitative estimate of drug-likeness (QED) is 0.239. The zero-order valence-electron chi connectivity index (χ0n) is 34.1. The van der Waals surface area contributed by atoms with E-state index in [9.17, 15) is 55.5 Å². The molecule has 4 heterocycles. The molecule has 6 rings (SSSR count). The molecular formula is C41H48F5N7O9. The number of nitrogens with zero attached hydrogens (tertiary/aromatic N) is 3. The third kappa shape index (κ3) is 10.9. The van der Waals surface area contributed by atoms with Crippen molar-refractivity contribution >= 4 is 47.2 Å². The molecular weight excluding hydrogens is 829 g/mol. The molecule has 8 atom stereocenters. The van der Waals surface area contributed by atoms with E-state index in [0.29, 0.717) is 31.7 Å². The van der Waals surface area contributed by atoms with Crippen LogP contribution in [0.15, 0.2) is 42.5 Å². The molecule has 0 aromatic heterocycles. The van der Waals surface area contributed by atoms with Crippen LogP contribution in [0.5, 0.6) is 5.75 Å². The summed E-state index contributed by atoms with van der Waals surface area (Å²) in [6.45, 7) is 5.04. The van der Waals surface area contributed by atoms with Gasteiger partial charge in [0.1, 0.15) is 59.7 Å². The van der Waals surface area contributed by atoms with E-state index in [4.69, 9.17) is 4.74 Å². The maximum absolute atomic E-state index is 14.7. The maximum atomic E-state index is 14.7. The van der Waals surface area contributed by atoms with Gasteiger partial charge in [-0.2, -0.15) is 0 Å². The van der Waals surface area contributed by atoms with Gasteiger partial charge in [-0.3, -0.25) is 24.0 Å². The molecule has 336 valence electrons. The number of esters is 1. The van der Waals surface area contributed by atoms with Crippen molar-refractivity contribution in [1.29, 1.82) is 0 Å². The van der Waals surface area contributed by atoms with Gasteiger partial charge in [-0.15, -0.1) is 13.2 Å². The van der Waals surface area contributed by atoms with Crippen molar-refractivity contribution in [1.82, 2.24) is 30.7 Å². The summed E-state index contributed by atoms with van der Waals surface area (Å²) in [4.78, 5) is 102. The second kappa shape index (κ2) is 18.9. The number of ether oxygens (including phenoxy) is 2. The normalized spacial score (nSPS) is 26.7. The fourth-order valence-electron chi connectivity index (χ4n) is 8.46. The highest BCUT2D eigenvalue weighted by atomic mass is 19.4. The summed E-state index contributed by atoms with van der Waals surface area (Å²) in [5.41, 5.74) is -0.136. The summed E-state index contributed by atoms with van der Waals surface area (Å²) in [6, 6.07) is -2.32. The fraction of sp³-hybridized carbons (Fsp3) is 0.537. The van der Waals surface area contributed by atoms with Crippen molar-refractivity contribution in [2.24, 2.45) is 5.92 Å². The molecule has 3 unspecified atom stereocenters. The Morgan fingerprint density at radius 1 is 0.839 bits per heavy atom. The topological polar surface area (TPSA) is 196 Å². The Bertz CT molecular complexity index is 2040. The molecule has 0 radical (unpaired) electrons. The van der Waals surface area contributed by atoms with E-state index < -0.39 is 114 Å². The Kier molecular flexibility index (Phi) is 13.9. The Morgan fingerprint density at radius 2 is 1.48 bits per heavy atom. The first-order valence-corrected chi connectivity index (χ1v) is 20.4. The number of benzene rings is 2.